The van der Waals surface area contributed by atoms with Crippen LogP contribution in [-0.4, -0.2) is 39.0 Å². The minimum atomic E-state index is -0.610. The molecule has 0 spiro atoms. The van der Waals surface area contributed by atoms with E-state index < -0.39 is 11.0 Å². The van der Waals surface area contributed by atoms with Crippen LogP contribution in [0.2, 0.25) is 0 Å². The van der Waals surface area contributed by atoms with Crippen molar-refractivity contribution in [3.8, 4) is 0 Å². The molecule has 1 heterocycles. The van der Waals surface area contributed by atoms with Gasteiger partial charge in [0.15, 0.2) is 0 Å². The molecular formula is C14H26N4O3. The van der Waals surface area contributed by atoms with Gasteiger partial charge in [-0.3, -0.25) is 14.8 Å². The molecule has 1 unspecified atom stereocenters. The molecule has 7 nitrogen and oxygen atoms in total. The first-order valence-electron chi connectivity index (χ1n) is 7.40. The molecule has 7 heteroatoms. The van der Waals surface area contributed by atoms with Crippen molar-refractivity contribution < 1.29 is 10.0 Å². The molecule has 1 atom stereocenters. The summed E-state index contributed by atoms with van der Waals surface area (Å²) in [5.41, 5.74) is 0.901. The van der Waals surface area contributed by atoms with Gasteiger partial charge in [0.1, 0.15) is 11.4 Å². The first-order chi connectivity index (χ1) is 9.82. The van der Waals surface area contributed by atoms with E-state index in [-0.39, 0.29) is 12.2 Å². The number of aliphatic hydroxyl groups excluding tert-OH is 1. The Morgan fingerprint density at radius 2 is 2.10 bits per heavy atom. The number of nitro groups is 1. The van der Waals surface area contributed by atoms with Crippen molar-refractivity contribution in [1.29, 1.82) is 0 Å². The Labute approximate surface area is 125 Å². The third kappa shape index (κ3) is 5.43. The zero-order chi connectivity index (χ0) is 16.0. The molecule has 0 aromatic carbocycles. The van der Waals surface area contributed by atoms with Crippen LogP contribution in [0.1, 0.15) is 38.1 Å². The Morgan fingerprint density at radius 1 is 1.43 bits per heavy atom. The quantitative estimate of drug-likeness (QED) is 0.412. The van der Waals surface area contributed by atoms with Crippen LogP contribution in [-0.2, 0) is 6.54 Å². The fraction of sp³-hybridized carbons (Fsp3) is 0.786. The lowest BCUT2D eigenvalue weighted by atomic mass is 10.1. The maximum Gasteiger partial charge on any atom is 0.312 e. The summed E-state index contributed by atoms with van der Waals surface area (Å²) in [5.74, 6) is 0.687. The second kappa shape index (κ2) is 8.09. The zero-order valence-corrected chi connectivity index (χ0v) is 13.3. The number of nitrogens with one attached hydrogen (secondary N) is 1. The van der Waals surface area contributed by atoms with Crippen LogP contribution in [0.15, 0.2) is 0 Å². The summed E-state index contributed by atoms with van der Waals surface area (Å²) in [6.45, 7) is 9.22. The maximum absolute atomic E-state index is 10.9. The molecule has 1 aromatic heterocycles. The molecule has 0 aliphatic rings. The summed E-state index contributed by atoms with van der Waals surface area (Å²) >= 11 is 0. The van der Waals surface area contributed by atoms with Crippen LogP contribution in [0, 0.1) is 29.9 Å². The van der Waals surface area contributed by atoms with Gasteiger partial charge in [-0.1, -0.05) is 13.8 Å². The Hall–Kier alpha value is -1.47. The second-order valence-corrected chi connectivity index (χ2v) is 5.85. The monoisotopic (exact) mass is 298 g/mol. The van der Waals surface area contributed by atoms with Crippen LogP contribution in [0.3, 0.4) is 0 Å². The molecule has 0 radical (unpaired) electrons. The van der Waals surface area contributed by atoms with Gasteiger partial charge >= 0.3 is 5.69 Å². The lowest BCUT2D eigenvalue weighted by Gasteiger charge is -2.13. The van der Waals surface area contributed by atoms with Crippen molar-refractivity contribution in [1.82, 2.24) is 15.1 Å². The summed E-state index contributed by atoms with van der Waals surface area (Å²) in [5, 5.41) is 28.2. The second-order valence-electron chi connectivity index (χ2n) is 5.85. The highest BCUT2D eigenvalue weighted by atomic mass is 16.6. The van der Waals surface area contributed by atoms with E-state index in [1.807, 2.05) is 0 Å². The summed E-state index contributed by atoms with van der Waals surface area (Å²) < 4.78 is 1.51. The Bertz CT molecular complexity index is 471. The van der Waals surface area contributed by atoms with Gasteiger partial charge in [0, 0.05) is 6.54 Å². The molecule has 0 saturated carbocycles. The van der Waals surface area contributed by atoms with Crippen LogP contribution >= 0.6 is 0 Å². The molecule has 120 valence electrons. The lowest BCUT2D eigenvalue weighted by Crippen LogP contribution is -2.31. The highest BCUT2D eigenvalue weighted by Crippen LogP contribution is 2.21. The van der Waals surface area contributed by atoms with E-state index in [1.165, 1.54) is 4.68 Å². The molecule has 0 aliphatic heterocycles. The van der Waals surface area contributed by atoms with Crippen molar-refractivity contribution in [3.63, 3.8) is 0 Å². The number of rotatable bonds is 9. The van der Waals surface area contributed by atoms with E-state index in [0.717, 1.165) is 19.4 Å². The molecule has 0 amide bonds. The topological polar surface area (TPSA) is 93.2 Å². The molecule has 1 rings (SSSR count). The van der Waals surface area contributed by atoms with Gasteiger partial charge in [0.05, 0.1) is 17.6 Å². The molecule has 0 aliphatic carbocycles. The third-order valence-electron chi connectivity index (χ3n) is 3.42. The SMILES string of the molecule is Cc1nn(CC(O)CNCCCC(C)C)c(C)c1[N+](=O)[O-]. The smallest absolute Gasteiger partial charge is 0.312 e. The van der Waals surface area contributed by atoms with Gasteiger partial charge in [-0.2, -0.15) is 5.10 Å². The number of nitrogens with zero attached hydrogens (tertiary/aromatic N) is 3. The van der Waals surface area contributed by atoms with Crippen LogP contribution in [0.4, 0.5) is 5.69 Å². The van der Waals surface area contributed by atoms with Crippen molar-refractivity contribution in [2.75, 3.05) is 13.1 Å². The van der Waals surface area contributed by atoms with E-state index >= 15 is 0 Å². The van der Waals surface area contributed by atoms with E-state index in [1.54, 1.807) is 13.8 Å². The van der Waals surface area contributed by atoms with Gasteiger partial charge in [-0.05, 0) is 39.2 Å². The van der Waals surface area contributed by atoms with Crippen LogP contribution in [0.25, 0.3) is 0 Å². The van der Waals surface area contributed by atoms with E-state index in [4.69, 9.17) is 0 Å². The third-order valence-corrected chi connectivity index (χ3v) is 3.42. The molecule has 2 N–H and O–H groups in total. The summed E-state index contributed by atoms with van der Waals surface area (Å²) in [6, 6.07) is 0. The highest BCUT2D eigenvalue weighted by Gasteiger charge is 2.22. The largest absolute Gasteiger partial charge is 0.390 e. The first kappa shape index (κ1) is 17.6. The van der Waals surface area contributed by atoms with Gasteiger partial charge in [0.25, 0.3) is 0 Å². The normalized spacial score (nSPS) is 12.9. The maximum atomic E-state index is 10.9. The minimum absolute atomic E-state index is 0.0343. The van der Waals surface area contributed by atoms with Crippen LogP contribution < -0.4 is 5.32 Å². The summed E-state index contributed by atoms with van der Waals surface area (Å²) in [7, 11) is 0. The number of aryl methyl sites for hydroxylation is 1. The minimum Gasteiger partial charge on any atom is -0.390 e. The molecule has 21 heavy (non-hydrogen) atoms. The van der Waals surface area contributed by atoms with Gasteiger partial charge in [-0.25, -0.2) is 0 Å². The standard InChI is InChI=1S/C14H26N4O3/c1-10(2)6-5-7-15-8-13(19)9-17-12(4)14(18(20)21)11(3)16-17/h10,13,15,19H,5-9H2,1-4H3. The average molecular weight is 298 g/mol. The van der Waals surface area contributed by atoms with Crippen LogP contribution in [0.5, 0.6) is 0 Å². The van der Waals surface area contributed by atoms with Gasteiger partial charge in [-0.15, -0.1) is 0 Å². The summed E-state index contributed by atoms with van der Waals surface area (Å²) in [4.78, 5) is 10.5. The molecule has 0 saturated heterocycles. The van der Waals surface area contributed by atoms with E-state index in [9.17, 15) is 15.2 Å². The van der Waals surface area contributed by atoms with Crippen molar-refractivity contribution in [2.24, 2.45) is 5.92 Å². The number of aromatic nitrogens is 2. The lowest BCUT2D eigenvalue weighted by molar-refractivity contribution is -0.386. The predicted octanol–water partition coefficient (Wildman–Crippen LogP) is 1.79. The predicted molar refractivity (Wildman–Crippen MR) is 81.3 cm³/mol. The van der Waals surface area contributed by atoms with Gasteiger partial charge in [0.2, 0.25) is 0 Å². The van der Waals surface area contributed by atoms with E-state index in [2.05, 4.69) is 24.3 Å². The molecule has 1 aromatic rings. The molecule has 0 bridgehead atoms. The van der Waals surface area contributed by atoms with Crippen molar-refractivity contribution >= 4 is 5.69 Å². The van der Waals surface area contributed by atoms with Gasteiger partial charge < -0.3 is 10.4 Å². The fourth-order valence-corrected chi connectivity index (χ4v) is 2.30. The number of hydrogen-bond acceptors (Lipinski definition) is 5. The van der Waals surface area contributed by atoms with Crippen molar-refractivity contribution in [2.45, 2.75) is 53.2 Å². The Kier molecular flexibility index (Phi) is 6.77. The highest BCUT2D eigenvalue weighted by molar-refractivity contribution is 5.39. The Morgan fingerprint density at radius 3 is 2.62 bits per heavy atom. The molecule has 0 fully saturated rings. The number of hydrogen-bond donors (Lipinski definition) is 2. The fourth-order valence-electron chi connectivity index (χ4n) is 2.30. The van der Waals surface area contributed by atoms with E-state index in [0.29, 0.717) is 23.9 Å². The number of aliphatic hydroxyl groups is 1. The summed E-state index contributed by atoms with van der Waals surface area (Å²) in [6.07, 6.45) is 1.63. The Balaban J connectivity index is 2.43. The zero-order valence-electron chi connectivity index (χ0n) is 13.3. The average Bonchev–Trinajstić information content (AvgIpc) is 2.63. The molecular weight excluding hydrogens is 272 g/mol. The van der Waals surface area contributed by atoms with Crippen molar-refractivity contribution in [3.05, 3.63) is 21.5 Å². The first-order valence-corrected chi connectivity index (χ1v) is 7.40.